The second-order valence-corrected chi connectivity index (χ2v) is 4.52. The van der Waals surface area contributed by atoms with Crippen molar-refractivity contribution in [3.63, 3.8) is 0 Å². The Bertz CT molecular complexity index is 190. The van der Waals surface area contributed by atoms with Crippen molar-refractivity contribution in [3.05, 3.63) is 0 Å². The van der Waals surface area contributed by atoms with E-state index < -0.39 is 0 Å². The first-order chi connectivity index (χ1) is 6.74. The number of hydrogen-bond donors (Lipinski definition) is 3. The molecule has 0 aromatic carbocycles. The zero-order chi connectivity index (χ0) is 10.4. The van der Waals surface area contributed by atoms with E-state index >= 15 is 0 Å². The van der Waals surface area contributed by atoms with Crippen LogP contribution in [0.1, 0.15) is 6.42 Å². The van der Waals surface area contributed by atoms with Crippen molar-refractivity contribution in [1.82, 2.24) is 10.6 Å². The number of nitrogens with one attached hydrogen (secondary N) is 2. The first-order valence-corrected chi connectivity index (χ1v) is 6.28. The Labute approximate surface area is 88.8 Å². The third-order valence-electron chi connectivity index (χ3n) is 2.40. The number of amides is 1. The summed E-state index contributed by atoms with van der Waals surface area (Å²) in [6.45, 7) is 2.02. The van der Waals surface area contributed by atoms with Crippen LogP contribution < -0.4 is 10.6 Å². The lowest BCUT2D eigenvalue weighted by molar-refractivity contribution is -0.120. The quantitative estimate of drug-likeness (QED) is 0.579. The average molecular weight is 218 g/mol. The van der Waals surface area contributed by atoms with Gasteiger partial charge < -0.3 is 15.7 Å². The highest BCUT2D eigenvalue weighted by Crippen LogP contribution is 2.07. The van der Waals surface area contributed by atoms with Crippen LogP contribution in [0.4, 0.5) is 0 Å². The fraction of sp³-hybridized carbons (Fsp3) is 0.889. The smallest absolute Gasteiger partial charge is 0.220 e. The van der Waals surface area contributed by atoms with Crippen LogP contribution >= 0.6 is 11.8 Å². The van der Waals surface area contributed by atoms with Crippen molar-refractivity contribution in [2.75, 3.05) is 31.6 Å². The van der Waals surface area contributed by atoms with Crippen molar-refractivity contribution in [3.8, 4) is 0 Å². The number of aliphatic hydroxyl groups excluding tert-OH is 1. The molecule has 5 heteroatoms. The van der Waals surface area contributed by atoms with Crippen molar-refractivity contribution in [1.29, 1.82) is 0 Å². The Balaban J connectivity index is 2.10. The summed E-state index contributed by atoms with van der Waals surface area (Å²) >= 11 is 1.67. The van der Waals surface area contributed by atoms with Gasteiger partial charge in [-0.2, -0.15) is 11.8 Å². The number of carbonyl (C=O) groups is 1. The molecular formula is C9H18N2O2S. The van der Waals surface area contributed by atoms with E-state index in [2.05, 4.69) is 10.6 Å². The number of rotatable bonds is 5. The van der Waals surface area contributed by atoms with Gasteiger partial charge in [-0.25, -0.2) is 0 Å². The third-order valence-corrected chi connectivity index (χ3v) is 3.01. The largest absolute Gasteiger partial charge is 0.391 e. The van der Waals surface area contributed by atoms with Gasteiger partial charge in [-0.1, -0.05) is 0 Å². The van der Waals surface area contributed by atoms with Crippen molar-refractivity contribution in [2.24, 2.45) is 5.92 Å². The highest BCUT2D eigenvalue weighted by atomic mass is 32.2. The topological polar surface area (TPSA) is 61.4 Å². The minimum atomic E-state index is -0.309. The van der Waals surface area contributed by atoms with E-state index in [4.69, 9.17) is 0 Å². The van der Waals surface area contributed by atoms with E-state index in [-0.39, 0.29) is 17.9 Å². The van der Waals surface area contributed by atoms with Crippen LogP contribution in [0.2, 0.25) is 0 Å². The minimum Gasteiger partial charge on any atom is -0.391 e. The Morgan fingerprint density at radius 1 is 1.64 bits per heavy atom. The number of hydrogen-bond acceptors (Lipinski definition) is 4. The Morgan fingerprint density at radius 3 is 3.00 bits per heavy atom. The van der Waals surface area contributed by atoms with E-state index in [1.807, 2.05) is 6.26 Å². The van der Waals surface area contributed by atoms with Crippen LogP contribution in [0.25, 0.3) is 0 Å². The van der Waals surface area contributed by atoms with Crippen LogP contribution in [0.3, 0.4) is 0 Å². The lowest BCUT2D eigenvalue weighted by Gasteiger charge is -2.13. The summed E-state index contributed by atoms with van der Waals surface area (Å²) in [5, 5.41) is 15.4. The molecule has 0 aliphatic carbocycles. The van der Waals surface area contributed by atoms with Gasteiger partial charge in [0.05, 0.1) is 6.10 Å². The van der Waals surface area contributed by atoms with Crippen LogP contribution in [0, 0.1) is 5.92 Å². The van der Waals surface area contributed by atoms with Crippen LogP contribution in [-0.4, -0.2) is 48.8 Å². The summed E-state index contributed by atoms with van der Waals surface area (Å²) in [6.07, 6.45) is 2.24. The second-order valence-electron chi connectivity index (χ2n) is 3.53. The molecule has 1 heterocycles. The number of aliphatic hydroxyl groups is 1. The lowest BCUT2D eigenvalue weighted by atomic mass is 10.1. The summed E-state index contributed by atoms with van der Waals surface area (Å²) in [5.74, 6) is 1.11. The van der Waals surface area contributed by atoms with Gasteiger partial charge in [0, 0.05) is 37.7 Å². The van der Waals surface area contributed by atoms with Crippen LogP contribution in [0.15, 0.2) is 0 Å². The van der Waals surface area contributed by atoms with Crippen molar-refractivity contribution < 1.29 is 9.90 Å². The molecule has 3 N–H and O–H groups in total. The molecule has 2 unspecified atom stereocenters. The van der Waals surface area contributed by atoms with Crippen LogP contribution in [-0.2, 0) is 4.79 Å². The number of carbonyl (C=O) groups excluding carboxylic acids is 1. The maximum atomic E-state index is 11.2. The molecular weight excluding hydrogens is 200 g/mol. The molecule has 0 saturated carbocycles. The maximum Gasteiger partial charge on any atom is 0.220 e. The summed E-state index contributed by atoms with van der Waals surface area (Å²) in [7, 11) is 0. The highest BCUT2D eigenvalue weighted by molar-refractivity contribution is 7.98. The molecule has 0 bridgehead atoms. The molecule has 1 saturated heterocycles. The second kappa shape index (κ2) is 6.27. The summed E-state index contributed by atoms with van der Waals surface area (Å²) in [6, 6.07) is 0. The van der Waals surface area contributed by atoms with Crippen molar-refractivity contribution in [2.45, 2.75) is 12.5 Å². The normalized spacial score (nSPS) is 26.4. The molecule has 2 atom stereocenters. The zero-order valence-electron chi connectivity index (χ0n) is 8.45. The number of thioether (sulfide) groups is 1. The maximum absolute atomic E-state index is 11.2. The van der Waals surface area contributed by atoms with Gasteiger partial charge in [0.1, 0.15) is 0 Å². The van der Waals surface area contributed by atoms with E-state index in [1.165, 1.54) is 0 Å². The van der Waals surface area contributed by atoms with E-state index in [0.717, 1.165) is 12.3 Å². The Hall–Kier alpha value is -0.260. The summed E-state index contributed by atoms with van der Waals surface area (Å²) in [5.41, 5.74) is 0. The van der Waals surface area contributed by atoms with Gasteiger partial charge in [-0.05, 0) is 6.26 Å². The highest BCUT2D eigenvalue weighted by Gasteiger charge is 2.24. The first-order valence-electron chi connectivity index (χ1n) is 4.88. The summed E-state index contributed by atoms with van der Waals surface area (Å²) < 4.78 is 0. The lowest BCUT2D eigenvalue weighted by Crippen LogP contribution is -2.34. The molecule has 14 heavy (non-hydrogen) atoms. The molecule has 1 aliphatic rings. The van der Waals surface area contributed by atoms with Gasteiger partial charge in [-0.3, -0.25) is 4.79 Å². The van der Waals surface area contributed by atoms with Gasteiger partial charge in [0.25, 0.3) is 0 Å². The van der Waals surface area contributed by atoms with Gasteiger partial charge in [0.15, 0.2) is 0 Å². The molecule has 1 amide bonds. The fourth-order valence-corrected chi connectivity index (χ4v) is 1.85. The average Bonchev–Trinajstić information content (AvgIpc) is 2.58. The first kappa shape index (κ1) is 11.8. The van der Waals surface area contributed by atoms with Gasteiger partial charge in [0.2, 0.25) is 5.91 Å². The number of β-amino-alcohol motifs (C(OH)–C–C–N with tert-alkyl or cyclic N) is 1. The van der Waals surface area contributed by atoms with E-state index in [9.17, 15) is 9.90 Å². The summed E-state index contributed by atoms with van der Waals surface area (Å²) in [4.78, 5) is 11.2. The molecule has 0 radical (unpaired) electrons. The van der Waals surface area contributed by atoms with E-state index in [0.29, 0.717) is 19.5 Å². The van der Waals surface area contributed by atoms with Crippen molar-refractivity contribution >= 4 is 17.7 Å². The molecule has 1 fully saturated rings. The SMILES string of the molecule is CSCCC(=O)NCC1CNCC1O. The molecule has 0 spiro atoms. The van der Waals surface area contributed by atoms with Gasteiger partial charge in [-0.15, -0.1) is 0 Å². The Morgan fingerprint density at radius 2 is 2.43 bits per heavy atom. The molecule has 0 aromatic heterocycles. The predicted octanol–water partition coefficient (Wildman–Crippen LogP) is -0.564. The van der Waals surface area contributed by atoms with E-state index in [1.54, 1.807) is 11.8 Å². The minimum absolute atomic E-state index is 0.0819. The monoisotopic (exact) mass is 218 g/mol. The molecule has 1 aliphatic heterocycles. The molecule has 0 aromatic rings. The van der Waals surface area contributed by atoms with Gasteiger partial charge >= 0.3 is 0 Å². The Kier molecular flexibility index (Phi) is 5.29. The fourth-order valence-electron chi connectivity index (χ4n) is 1.46. The standard InChI is InChI=1S/C9H18N2O2S/c1-14-3-2-9(13)11-5-7-4-10-6-8(7)12/h7-8,10,12H,2-6H2,1H3,(H,11,13). The zero-order valence-corrected chi connectivity index (χ0v) is 9.27. The molecule has 82 valence electrons. The third kappa shape index (κ3) is 3.86. The predicted molar refractivity (Wildman–Crippen MR) is 58.4 cm³/mol. The molecule has 4 nitrogen and oxygen atoms in total. The molecule has 1 rings (SSSR count). The van der Waals surface area contributed by atoms with Crippen LogP contribution in [0.5, 0.6) is 0 Å².